The highest BCUT2D eigenvalue weighted by Crippen LogP contribution is 2.37. The van der Waals surface area contributed by atoms with Crippen LogP contribution in [0.25, 0.3) is 33.4 Å². The summed E-state index contributed by atoms with van der Waals surface area (Å²) in [5.41, 5.74) is 6.55. The van der Waals surface area contributed by atoms with Crippen molar-refractivity contribution in [3.05, 3.63) is 103 Å². The molecule has 0 unspecified atom stereocenters. The van der Waals surface area contributed by atoms with Gasteiger partial charge in [-0.05, 0) is 33.9 Å². The second kappa shape index (κ2) is 6.66. The van der Waals surface area contributed by atoms with Gasteiger partial charge in [-0.2, -0.15) is 0 Å². The fraction of sp³-hybridized carbons (Fsp3) is 0. The van der Waals surface area contributed by atoms with Crippen molar-refractivity contribution < 1.29 is 5.11 Å². The maximum atomic E-state index is 10.2. The van der Waals surface area contributed by atoms with Crippen molar-refractivity contribution in [1.29, 1.82) is 0 Å². The summed E-state index contributed by atoms with van der Waals surface area (Å²) >= 11 is 0. The lowest BCUT2D eigenvalue weighted by Crippen LogP contribution is -1.86. The molecule has 0 atom stereocenters. The van der Waals surface area contributed by atoms with E-state index in [2.05, 4.69) is 60.7 Å². The number of rotatable bonds is 3. The van der Waals surface area contributed by atoms with Crippen molar-refractivity contribution in [2.75, 3.05) is 0 Å². The van der Waals surface area contributed by atoms with Crippen LogP contribution in [0.2, 0.25) is 0 Å². The Labute approximate surface area is 147 Å². The first kappa shape index (κ1) is 15.2. The van der Waals surface area contributed by atoms with Crippen molar-refractivity contribution >= 4 is 0 Å². The molecule has 1 heteroatoms. The lowest BCUT2D eigenvalue weighted by Gasteiger charge is -2.12. The van der Waals surface area contributed by atoms with E-state index < -0.39 is 0 Å². The fourth-order valence-electron chi connectivity index (χ4n) is 3.14. The Bertz CT molecular complexity index is 986. The number of phenolic OH excluding ortho intramolecular Hbond substituents is 1. The van der Waals surface area contributed by atoms with Gasteiger partial charge in [0.25, 0.3) is 0 Å². The highest BCUT2D eigenvalue weighted by Gasteiger charge is 2.10. The average Bonchev–Trinajstić information content (AvgIpc) is 2.69. The predicted molar refractivity (Wildman–Crippen MR) is 104 cm³/mol. The molecule has 1 N–H and O–H groups in total. The molecule has 0 aromatic heterocycles. The van der Waals surface area contributed by atoms with Crippen molar-refractivity contribution in [2.24, 2.45) is 0 Å². The van der Waals surface area contributed by atoms with Gasteiger partial charge in [-0.25, -0.2) is 0 Å². The summed E-state index contributed by atoms with van der Waals surface area (Å²) in [4.78, 5) is 0. The Kier molecular flexibility index (Phi) is 4.05. The fourth-order valence-corrected chi connectivity index (χ4v) is 3.14. The number of phenols is 1. The van der Waals surface area contributed by atoms with E-state index in [4.69, 9.17) is 0 Å². The molecule has 0 radical (unpaired) electrons. The highest BCUT2D eigenvalue weighted by atomic mass is 16.3. The minimum absolute atomic E-state index is 0.302. The molecule has 0 aliphatic heterocycles. The molecule has 0 heterocycles. The van der Waals surface area contributed by atoms with E-state index in [1.807, 2.05) is 36.4 Å². The molecule has 0 saturated carbocycles. The van der Waals surface area contributed by atoms with Crippen LogP contribution in [0.3, 0.4) is 0 Å². The van der Waals surface area contributed by atoms with Gasteiger partial charge in [-0.3, -0.25) is 0 Å². The van der Waals surface area contributed by atoms with Crippen molar-refractivity contribution in [1.82, 2.24) is 0 Å². The lowest BCUT2D eigenvalue weighted by atomic mass is 9.93. The van der Waals surface area contributed by atoms with E-state index in [1.165, 1.54) is 11.1 Å². The molecule has 4 aromatic rings. The van der Waals surface area contributed by atoms with Gasteiger partial charge in [0.1, 0.15) is 5.75 Å². The van der Waals surface area contributed by atoms with Crippen LogP contribution >= 0.6 is 0 Å². The van der Waals surface area contributed by atoms with Gasteiger partial charge in [0.05, 0.1) is 0 Å². The van der Waals surface area contributed by atoms with Crippen LogP contribution in [-0.4, -0.2) is 5.11 Å². The topological polar surface area (TPSA) is 20.2 Å². The van der Waals surface area contributed by atoms with Crippen LogP contribution in [0.1, 0.15) is 0 Å². The van der Waals surface area contributed by atoms with E-state index in [0.717, 1.165) is 22.3 Å². The number of aromatic hydroxyl groups is 1. The van der Waals surface area contributed by atoms with E-state index in [0.29, 0.717) is 5.75 Å². The minimum Gasteiger partial charge on any atom is -0.507 e. The minimum atomic E-state index is 0.302. The molecule has 0 spiro atoms. The van der Waals surface area contributed by atoms with E-state index in [1.54, 1.807) is 6.07 Å². The van der Waals surface area contributed by atoms with Crippen LogP contribution < -0.4 is 0 Å². The molecule has 0 bridgehead atoms. The molecule has 1 nitrogen and oxygen atoms in total. The molecule has 25 heavy (non-hydrogen) atoms. The average molecular weight is 322 g/mol. The first-order chi connectivity index (χ1) is 12.3. The third-order valence-electron chi connectivity index (χ3n) is 4.42. The van der Waals surface area contributed by atoms with Gasteiger partial charge in [0, 0.05) is 5.56 Å². The molecule has 0 saturated heterocycles. The number of hydrogen-bond donors (Lipinski definition) is 1. The van der Waals surface area contributed by atoms with Crippen molar-refractivity contribution in [3.8, 4) is 39.1 Å². The largest absolute Gasteiger partial charge is 0.507 e. The van der Waals surface area contributed by atoms with Gasteiger partial charge < -0.3 is 5.11 Å². The van der Waals surface area contributed by atoms with Crippen LogP contribution in [0.15, 0.2) is 103 Å². The van der Waals surface area contributed by atoms with Crippen LogP contribution in [-0.2, 0) is 0 Å². The molecule has 4 rings (SSSR count). The smallest absolute Gasteiger partial charge is 0.123 e. The van der Waals surface area contributed by atoms with Gasteiger partial charge in [-0.1, -0.05) is 97.1 Å². The first-order valence-electron chi connectivity index (χ1n) is 8.36. The quantitative estimate of drug-likeness (QED) is 0.463. The Balaban J connectivity index is 1.78. The first-order valence-corrected chi connectivity index (χ1v) is 8.36. The molecule has 0 fully saturated rings. The summed E-state index contributed by atoms with van der Waals surface area (Å²) in [5, 5.41) is 10.2. The Morgan fingerprint density at radius 2 is 0.840 bits per heavy atom. The van der Waals surface area contributed by atoms with Crippen LogP contribution in [0.5, 0.6) is 5.75 Å². The van der Waals surface area contributed by atoms with Crippen LogP contribution in [0.4, 0.5) is 0 Å². The maximum Gasteiger partial charge on any atom is 0.123 e. The Hall–Kier alpha value is -3.32. The van der Waals surface area contributed by atoms with Crippen molar-refractivity contribution in [3.63, 3.8) is 0 Å². The third-order valence-corrected chi connectivity index (χ3v) is 4.42. The molecule has 120 valence electrons. The predicted octanol–water partition coefficient (Wildman–Crippen LogP) is 6.39. The van der Waals surface area contributed by atoms with E-state index in [-0.39, 0.29) is 0 Å². The second-order valence-electron chi connectivity index (χ2n) is 6.01. The Morgan fingerprint density at radius 3 is 1.52 bits per heavy atom. The molecule has 4 aromatic carbocycles. The lowest BCUT2D eigenvalue weighted by molar-refractivity contribution is 0.477. The Morgan fingerprint density at radius 1 is 0.360 bits per heavy atom. The van der Waals surface area contributed by atoms with Crippen LogP contribution in [0, 0.1) is 0 Å². The number of hydrogen-bond acceptors (Lipinski definition) is 1. The summed E-state index contributed by atoms with van der Waals surface area (Å²) in [5.74, 6) is 0.302. The standard InChI is InChI=1S/C24H18O/c25-24-13-7-6-12-23(24)22-11-5-4-10-21(22)20-16-14-19(15-17-20)18-8-2-1-3-9-18/h1-17,25H. The SMILES string of the molecule is Oc1ccccc1-c1ccccc1-c1ccc(-c2ccccc2)cc1. The summed E-state index contributed by atoms with van der Waals surface area (Å²) in [7, 11) is 0. The second-order valence-corrected chi connectivity index (χ2v) is 6.01. The molecule has 0 amide bonds. The summed E-state index contributed by atoms with van der Waals surface area (Å²) in [6.45, 7) is 0. The highest BCUT2D eigenvalue weighted by molar-refractivity contribution is 5.86. The zero-order valence-electron chi connectivity index (χ0n) is 13.8. The third kappa shape index (κ3) is 3.05. The van der Waals surface area contributed by atoms with Gasteiger partial charge in [0.15, 0.2) is 0 Å². The number of benzene rings is 4. The summed E-state index contributed by atoms with van der Waals surface area (Å²) < 4.78 is 0. The monoisotopic (exact) mass is 322 g/mol. The van der Waals surface area contributed by atoms with E-state index >= 15 is 0 Å². The maximum absolute atomic E-state index is 10.2. The van der Waals surface area contributed by atoms with Gasteiger partial charge >= 0.3 is 0 Å². The zero-order valence-corrected chi connectivity index (χ0v) is 13.8. The van der Waals surface area contributed by atoms with E-state index in [9.17, 15) is 5.11 Å². The molecular formula is C24H18O. The van der Waals surface area contributed by atoms with Gasteiger partial charge in [-0.15, -0.1) is 0 Å². The van der Waals surface area contributed by atoms with Crippen molar-refractivity contribution in [2.45, 2.75) is 0 Å². The molecule has 0 aliphatic carbocycles. The number of para-hydroxylation sites is 1. The van der Waals surface area contributed by atoms with Gasteiger partial charge in [0.2, 0.25) is 0 Å². The summed E-state index contributed by atoms with van der Waals surface area (Å²) in [6, 6.07) is 34.6. The summed E-state index contributed by atoms with van der Waals surface area (Å²) in [6.07, 6.45) is 0. The normalized spacial score (nSPS) is 10.6. The molecular weight excluding hydrogens is 304 g/mol. The molecule has 0 aliphatic rings. The zero-order chi connectivity index (χ0) is 17.1.